The zero-order chi connectivity index (χ0) is 53.4. The predicted molar refractivity (Wildman–Crippen MR) is 336 cm³/mol. The van der Waals surface area contributed by atoms with Gasteiger partial charge in [0.25, 0.3) is 0 Å². The summed E-state index contributed by atoms with van der Waals surface area (Å²) in [5.41, 5.74) is 11.5. The molecule has 0 saturated heterocycles. The molecular weight excluding hydrogens is 1050 g/mol. The highest BCUT2D eigenvalue weighted by atomic mass is 32.1. The summed E-state index contributed by atoms with van der Waals surface area (Å²) >= 11 is 5.31. The third kappa shape index (κ3) is 8.41. The Morgan fingerprint density at radius 1 is 0.222 bits per heavy atom. The van der Waals surface area contributed by atoms with Gasteiger partial charge in [-0.05, 0) is 47.5 Å². The molecule has 378 valence electrons. The van der Waals surface area contributed by atoms with Crippen LogP contribution in [0.1, 0.15) is 0 Å². The molecule has 81 heavy (non-hydrogen) atoms. The first-order valence-electron chi connectivity index (χ1n) is 26.6. The third-order valence-electron chi connectivity index (χ3n) is 14.8. The first-order chi connectivity index (χ1) is 40.1. The molecule has 11 heteroatoms. The molecular formula is C70H40N8S3. The van der Waals surface area contributed by atoms with Gasteiger partial charge in [-0.3, -0.25) is 0 Å². The van der Waals surface area contributed by atoms with Crippen molar-refractivity contribution in [2.24, 2.45) is 0 Å². The first-order valence-corrected chi connectivity index (χ1v) is 29.0. The molecule has 0 aliphatic heterocycles. The standard InChI is InChI=1S/C70H40N8S3/c1-4-16-42(17-5-1)64-71-61-53-25-11-13-28-56(53)81-63(61)62(72-64)54-26-15-29-57-60(54)52-37-35-49(40-59(52)80-57)70-76-66(44-20-8-3-9-21-44)74-68(78-70)47-23-14-22-46(38-47)41-30-32-45(33-31-41)67-73-65(43-18-6-2-7-19-43)75-69(77-67)48-34-36-51-50-24-10-12-27-55(50)79-58(51)39-48/h1-40H. The number of hydrogen-bond donors (Lipinski definition) is 0. The van der Waals surface area contributed by atoms with Crippen LogP contribution in [0.25, 0.3) is 163 Å². The van der Waals surface area contributed by atoms with E-state index in [1.165, 1.54) is 35.0 Å². The molecule has 0 aliphatic rings. The van der Waals surface area contributed by atoms with E-state index in [0.717, 1.165) is 87.0 Å². The lowest BCUT2D eigenvalue weighted by atomic mass is 10.0. The lowest BCUT2D eigenvalue weighted by Crippen LogP contribution is -2.00. The zero-order valence-corrected chi connectivity index (χ0v) is 45.3. The highest BCUT2D eigenvalue weighted by molar-refractivity contribution is 7.27. The van der Waals surface area contributed by atoms with Crippen LogP contribution in [0.5, 0.6) is 0 Å². The topological polar surface area (TPSA) is 103 Å². The van der Waals surface area contributed by atoms with Crippen molar-refractivity contribution in [1.82, 2.24) is 39.9 Å². The molecule has 8 nitrogen and oxygen atoms in total. The summed E-state index contributed by atoms with van der Waals surface area (Å²) in [7, 11) is 0. The summed E-state index contributed by atoms with van der Waals surface area (Å²) < 4.78 is 7.03. The van der Waals surface area contributed by atoms with Crippen molar-refractivity contribution in [1.29, 1.82) is 0 Å². The van der Waals surface area contributed by atoms with E-state index < -0.39 is 0 Å². The van der Waals surface area contributed by atoms with Crippen LogP contribution in [0.15, 0.2) is 243 Å². The van der Waals surface area contributed by atoms with Crippen LogP contribution in [0, 0.1) is 0 Å². The minimum atomic E-state index is 0.585. The van der Waals surface area contributed by atoms with E-state index in [2.05, 4.69) is 164 Å². The van der Waals surface area contributed by atoms with Crippen LogP contribution < -0.4 is 0 Å². The quantitative estimate of drug-likeness (QED) is 0.141. The number of rotatable bonds is 9. The Morgan fingerprint density at radius 2 is 0.617 bits per heavy atom. The molecule has 0 fully saturated rings. The Bertz CT molecular complexity index is 5120. The van der Waals surface area contributed by atoms with Crippen molar-refractivity contribution >= 4 is 94.7 Å². The Kier molecular flexibility index (Phi) is 11.3. The minimum Gasteiger partial charge on any atom is -0.226 e. The van der Waals surface area contributed by atoms with Gasteiger partial charge < -0.3 is 0 Å². The maximum atomic E-state index is 5.36. The average molecular weight is 1090 g/mol. The number of aromatic nitrogens is 8. The van der Waals surface area contributed by atoms with Crippen molar-refractivity contribution in [3.63, 3.8) is 0 Å². The van der Waals surface area contributed by atoms with Gasteiger partial charge in [-0.25, -0.2) is 39.9 Å². The van der Waals surface area contributed by atoms with E-state index in [0.29, 0.717) is 40.8 Å². The largest absolute Gasteiger partial charge is 0.226 e. The van der Waals surface area contributed by atoms with E-state index in [-0.39, 0.29) is 0 Å². The van der Waals surface area contributed by atoms with Gasteiger partial charge >= 0.3 is 0 Å². The Balaban J connectivity index is 0.761. The Morgan fingerprint density at radius 3 is 1.23 bits per heavy atom. The summed E-state index contributed by atoms with van der Waals surface area (Å²) in [5, 5.41) is 5.95. The molecule has 16 aromatic rings. The second kappa shape index (κ2) is 19.4. The third-order valence-corrected chi connectivity index (χ3v) is 18.2. The maximum absolute atomic E-state index is 5.36. The molecule has 0 bridgehead atoms. The van der Waals surface area contributed by atoms with E-state index in [4.69, 9.17) is 39.9 Å². The second-order valence-corrected chi connectivity index (χ2v) is 23.1. The van der Waals surface area contributed by atoms with Crippen LogP contribution in [-0.4, -0.2) is 39.9 Å². The van der Waals surface area contributed by atoms with Gasteiger partial charge in [0.2, 0.25) is 0 Å². The fourth-order valence-electron chi connectivity index (χ4n) is 10.9. The number of benzene rings is 10. The molecule has 0 unspecified atom stereocenters. The van der Waals surface area contributed by atoms with Gasteiger partial charge in [0, 0.05) is 94.9 Å². The van der Waals surface area contributed by atoms with E-state index in [1.54, 1.807) is 34.0 Å². The van der Waals surface area contributed by atoms with Crippen molar-refractivity contribution in [2.75, 3.05) is 0 Å². The highest BCUT2D eigenvalue weighted by Crippen LogP contribution is 2.46. The normalized spacial score (nSPS) is 11.7. The van der Waals surface area contributed by atoms with E-state index in [9.17, 15) is 0 Å². The molecule has 6 heterocycles. The highest BCUT2D eigenvalue weighted by Gasteiger charge is 2.22. The van der Waals surface area contributed by atoms with Crippen molar-refractivity contribution in [2.45, 2.75) is 0 Å². The summed E-state index contributed by atoms with van der Waals surface area (Å²) in [6.07, 6.45) is 0. The second-order valence-electron chi connectivity index (χ2n) is 19.8. The SMILES string of the molecule is c1ccc(-c2nc(-c3ccc(-c4cccc(-c5nc(-c6ccccc6)nc(-c6ccc7c(c6)sc6cccc(-c8nc(-c9ccccc9)nc9c8sc8ccccc89)c67)n5)c4)cc3)nc(-c3ccc4c(c3)sc3ccccc34)n2)cc1. The summed E-state index contributed by atoms with van der Waals surface area (Å²) in [6.45, 7) is 0. The monoisotopic (exact) mass is 1090 g/mol. The molecule has 0 amide bonds. The molecule has 0 atom stereocenters. The minimum absolute atomic E-state index is 0.585. The van der Waals surface area contributed by atoms with Gasteiger partial charge in [0.15, 0.2) is 40.8 Å². The number of fused-ring (bicyclic) bond motifs is 9. The smallest absolute Gasteiger partial charge is 0.164 e. The van der Waals surface area contributed by atoms with Gasteiger partial charge in [-0.2, -0.15) is 0 Å². The lowest BCUT2D eigenvalue weighted by molar-refractivity contribution is 1.07. The Labute approximate surface area is 476 Å². The fourth-order valence-corrected chi connectivity index (χ4v) is 14.3. The summed E-state index contributed by atoms with van der Waals surface area (Å²) in [5.74, 6) is 4.35. The first kappa shape index (κ1) is 47.0. The molecule has 0 radical (unpaired) electrons. The average Bonchev–Trinajstić information content (AvgIpc) is 4.23. The van der Waals surface area contributed by atoms with Gasteiger partial charge in [-0.1, -0.05) is 206 Å². The number of thiophene rings is 3. The molecule has 0 aliphatic carbocycles. The van der Waals surface area contributed by atoms with Crippen molar-refractivity contribution in [3.05, 3.63) is 243 Å². The van der Waals surface area contributed by atoms with Crippen LogP contribution in [0.2, 0.25) is 0 Å². The molecule has 6 aromatic heterocycles. The van der Waals surface area contributed by atoms with E-state index >= 15 is 0 Å². The fraction of sp³-hybridized carbons (Fsp3) is 0. The predicted octanol–water partition coefficient (Wildman–Crippen LogP) is 19.0. The molecule has 0 N–H and O–H groups in total. The maximum Gasteiger partial charge on any atom is 0.164 e. The molecule has 0 spiro atoms. The summed E-state index contributed by atoms with van der Waals surface area (Å²) in [6, 6.07) is 84.1. The molecule has 10 aromatic carbocycles. The van der Waals surface area contributed by atoms with Gasteiger partial charge in [0.1, 0.15) is 0 Å². The van der Waals surface area contributed by atoms with Gasteiger partial charge in [-0.15, -0.1) is 34.0 Å². The number of hydrogen-bond acceptors (Lipinski definition) is 11. The zero-order valence-electron chi connectivity index (χ0n) is 42.9. The van der Waals surface area contributed by atoms with Crippen molar-refractivity contribution < 1.29 is 0 Å². The Hall–Kier alpha value is -10.0. The van der Waals surface area contributed by atoms with Crippen LogP contribution in [-0.2, 0) is 0 Å². The van der Waals surface area contributed by atoms with Crippen LogP contribution in [0.3, 0.4) is 0 Å². The lowest BCUT2D eigenvalue weighted by Gasteiger charge is -2.11. The number of nitrogens with zero attached hydrogens (tertiary/aromatic N) is 8. The van der Waals surface area contributed by atoms with Crippen molar-refractivity contribution in [3.8, 4) is 102 Å². The summed E-state index contributed by atoms with van der Waals surface area (Å²) in [4.78, 5) is 41.3. The van der Waals surface area contributed by atoms with Crippen LogP contribution >= 0.6 is 34.0 Å². The molecule has 0 saturated carbocycles. The van der Waals surface area contributed by atoms with Crippen LogP contribution in [0.4, 0.5) is 0 Å². The van der Waals surface area contributed by atoms with E-state index in [1.807, 2.05) is 78.9 Å². The van der Waals surface area contributed by atoms with Gasteiger partial charge in [0.05, 0.1) is 15.9 Å². The molecule has 16 rings (SSSR count).